The summed E-state index contributed by atoms with van der Waals surface area (Å²) in [5.74, 6) is 0. The molecular formula is C44H25NS. The summed E-state index contributed by atoms with van der Waals surface area (Å²) in [6, 6.07) is 56.3. The normalized spacial score (nSPS) is 12.3. The third kappa shape index (κ3) is 3.14. The molecular weight excluding hydrogens is 575 g/mol. The lowest BCUT2D eigenvalue weighted by Gasteiger charge is -2.12. The van der Waals surface area contributed by atoms with E-state index in [-0.39, 0.29) is 0 Å². The molecule has 0 bridgehead atoms. The Bertz CT molecular complexity index is 2870. The Morgan fingerprint density at radius 2 is 1.02 bits per heavy atom. The Kier molecular flexibility index (Phi) is 4.78. The molecule has 0 N–H and O–H groups in total. The van der Waals surface area contributed by atoms with Crippen LogP contribution < -0.4 is 0 Å². The maximum absolute atomic E-state index is 2.47. The fraction of sp³-hybridized carbons (Fsp3) is 0. The van der Waals surface area contributed by atoms with Crippen molar-refractivity contribution < 1.29 is 0 Å². The minimum absolute atomic E-state index is 1.18. The minimum atomic E-state index is 1.18. The first-order valence-electron chi connectivity index (χ1n) is 15.9. The van der Waals surface area contributed by atoms with Crippen molar-refractivity contribution in [2.24, 2.45) is 0 Å². The third-order valence-corrected chi connectivity index (χ3v) is 11.4. The highest BCUT2D eigenvalue weighted by atomic mass is 32.1. The Hall–Kier alpha value is -5.70. The first-order valence-corrected chi connectivity index (χ1v) is 16.7. The monoisotopic (exact) mass is 599 g/mol. The van der Waals surface area contributed by atoms with Crippen molar-refractivity contribution in [3.63, 3.8) is 0 Å². The van der Waals surface area contributed by atoms with Crippen LogP contribution in [0.1, 0.15) is 0 Å². The van der Waals surface area contributed by atoms with Gasteiger partial charge in [0.1, 0.15) is 0 Å². The first kappa shape index (κ1) is 24.6. The van der Waals surface area contributed by atoms with E-state index < -0.39 is 0 Å². The molecule has 0 fully saturated rings. The molecule has 2 aromatic heterocycles. The van der Waals surface area contributed by atoms with Crippen LogP contribution in [-0.4, -0.2) is 4.57 Å². The number of thiophene rings is 1. The van der Waals surface area contributed by atoms with Crippen LogP contribution in [0.25, 0.3) is 103 Å². The molecule has 1 nitrogen and oxygen atoms in total. The van der Waals surface area contributed by atoms with Crippen LogP contribution in [0, 0.1) is 0 Å². The molecule has 212 valence electrons. The van der Waals surface area contributed by atoms with Crippen molar-refractivity contribution in [3.8, 4) is 39.1 Å². The summed E-state index contributed by atoms with van der Waals surface area (Å²) >= 11 is 1.91. The van der Waals surface area contributed by atoms with Gasteiger partial charge in [0.25, 0.3) is 0 Å². The SMILES string of the molecule is c1ccc2c(c1)-c1cccc3c(-c4ccc(-n5c6ccc7ccccc7c6c6c7sc8ccccc8c7ccc65)cc4)ccc-2c13. The summed E-state index contributed by atoms with van der Waals surface area (Å²) in [5.41, 5.74) is 11.5. The van der Waals surface area contributed by atoms with Crippen molar-refractivity contribution in [2.45, 2.75) is 0 Å². The molecule has 0 atom stereocenters. The predicted molar refractivity (Wildman–Crippen MR) is 199 cm³/mol. The summed E-state index contributed by atoms with van der Waals surface area (Å²) in [7, 11) is 0. The average molecular weight is 600 g/mol. The molecule has 10 aromatic rings. The lowest BCUT2D eigenvalue weighted by Crippen LogP contribution is -1.94. The molecule has 1 aliphatic carbocycles. The summed E-state index contributed by atoms with van der Waals surface area (Å²) in [5, 5.41) is 10.6. The fourth-order valence-electron chi connectivity index (χ4n) is 8.17. The van der Waals surface area contributed by atoms with Crippen LogP contribution in [0.15, 0.2) is 152 Å². The van der Waals surface area contributed by atoms with E-state index in [1.165, 1.54) is 103 Å². The Morgan fingerprint density at radius 1 is 0.370 bits per heavy atom. The van der Waals surface area contributed by atoms with Gasteiger partial charge in [0, 0.05) is 36.6 Å². The van der Waals surface area contributed by atoms with Gasteiger partial charge in [-0.15, -0.1) is 11.3 Å². The molecule has 0 spiro atoms. The van der Waals surface area contributed by atoms with Crippen molar-refractivity contribution in [2.75, 3.05) is 0 Å². The quantitative estimate of drug-likeness (QED) is 0.186. The number of benzene rings is 8. The largest absolute Gasteiger partial charge is 0.309 e. The maximum atomic E-state index is 2.47. The topological polar surface area (TPSA) is 4.93 Å². The second-order valence-electron chi connectivity index (χ2n) is 12.4. The molecule has 2 heteroatoms. The Balaban J connectivity index is 1.15. The van der Waals surface area contributed by atoms with Crippen molar-refractivity contribution >= 4 is 74.9 Å². The molecule has 0 unspecified atom stereocenters. The zero-order chi connectivity index (χ0) is 29.9. The Morgan fingerprint density at radius 3 is 1.89 bits per heavy atom. The van der Waals surface area contributed by atoms with E-state index in [1.807, 2.05) is 11.3 Å². The fourth-order valence-corrected chi connectivity index (χ4v) is 9.42. The number of hydrogen-bond donors (Lipinski definition) is 0. The van der Waals surface area contributed by atoms with Gasteiger partial charge in [-0.05, 0) is 85.3 Å². The van der Waals surface area contributed by atoms with E-state index >= 15 is 0 Å². The van der Waals surface area contributed by atoms with Gasteiger partial charge in [-0.2, -0.15) is 0 Å². The lowest BCUT2D eigenvalue weighted by molar-refractivity contribution is 1.18. The van der Waals surface area contributed by atoms with Gasteiger partial charge in [-0.25, -0.2) is 0 Å². The van der Waals surface area contributed by atoms with E-state index in [9.17, 15) is 0 Å². The molecule has 11 rings (SSSR count). The van der Waals surface area contributed by atoms with Crippen LogP contribution in [0.2, 0.25) is 0 Å². The van der Waals surface area contributed by atoms with E-state index in [1.54, 1.807) is 0 Å². The van der Waals surface area contributed by atoms with Gasteiger partial charge in [-0.3, -0.25) is 0 Å². The predicted octanol–water partition coefficient (Wildman–Crippen LogP) is 12.8. The van der Waals surface area contributed by atoms with Gasteiger partial charge in [0.15, 0.2) is 0 Å². The van der Waals surface area contributed by atoms with Crippen LogP contribution in [0.4, 0.5) is 0 Å². The second kappa shape index (κ2) is 8.94. The van der Waals surface area contributed by atoms with Crippen molar-refractivity contribution in [3.05, 3.63) is 152 Å². The maximum Gasteiger partial charge on any atom is 0.0555 e. The number of nitrogens with zero attached hydrogens (tertiary/aromatic N) is 1. The van der Waals surface area contributed by atoms with E-state index in [4.69, 9.17) is 0 Å². The standard InChI is InChI=1S/C44H25NS/c1-2-9-30-26(8-1)18-24-38-42(30)43-39(25-23-37-33-12-5-6-15-40(33)46-44(37)43)45(38)28-19-16-27(17-20-28)29-21-22-36-32-11-4-3-10-31(32)35-14-7-13-34(29)41(35)36/h1-25H. The number of fused-ring (bicyclic) bond motifs is 12. The van der Waals surface area contributed by atoms with Gasteiger partial charge >= 0.3 is 0 Å². The van der Waals surface area contributed by atoms with Crippen molar-refractivity contribution in [1.29, 1.82) is 0 Å². The van der Waals surface area contributed by atoms with Crippen LogP contribution >= 0.6 is 11.3 Å². The molecule has 0 saturated carbocycles. The zero-order valence-electron chi connectivity index (χ0n) is 24.8. The molecule has 8 aromatic carbocycles. The number of hydrogen-bond acceptors (Lipinski definition) is 1. The van der Waals surface area contributed by atoms with Crippen LogP contribution in [0.3, 0.4) is 0 Å². The van der Waals surface area contributed by atoms with Crippen LogP contribution in [0.5, 0.6) is 0 Å². The highest BCUT2D eigenvalue weighted by molar-refractivity contribution is 7.26. The first-order chi connectivity index (χ1) is 22.8. The van der Waals surface area contributed by atoms with Crippen LogP contribution in [-0.2, 0) is 0 Å². The highest BCUT2D eigenvalue weighted by Gasteiger charge is 2.23. The molecule has 0 saturated heterocycles. The average Bonchev–Trinajstić information content (AvgIpc) is 3.77. The number of rotatable bonds is 2. The second-order valence-corrected chi connectivity index (χ2v) is 13.5. The minimum Gasteiger partial charge on any atom is -0.309 e. The molecule has 46 heavy (non-hydrogen) atoms. The van der Waals surface area contributed by atoms with E-state index in [0.717, 1.165) is 0 Å². The van der Waals surface area contributed by atoms with Gasteiger partial charge in [0.2, 0.25) is 0 Å². The molecule has 0 radical (unpaired) electrons. The number of aromatic nitrogens is 1. The summed E-state index contributed by atoms with van der Waals surface area (Å²) in [6.07, 6.45) is 0. The molecule has 0 aliphatic heterocycles. The lowest BCUT2D eigenvalue weighted by atomic mass is 9.94. The summed E-state index contributed by atoms with van der Waals surface area (Å²) in [4.78, 5) is 0. The molecule has 0 amide bonds. The van der Waals surface area contributed by atoms with Crippen molar-refractivity contribution in [1.82, 2.24) is 4.57 Å². The van der Waals surface area contributed by atoms with Gasteiger partial charge < -0.3 is 4.57 Å². The van der Waals surface area contributed by atoms with Gasteiger partial charge in [-0.1, -0.05) is 121 Å². The van der Waals surface area contributed by atoms with E-state index in [2.05, 4.69) is 156 Å². The third-order valence-electron chi connectivity index (χ3n) is 10.1. The highest BCUT2D eigenvalue weighted by Crippen LogP contribution is 2.49. The molecule has 1 aliphatic rings. The summed E-state index contributed by atoms with van der Waals surface area (Å²) in [6.45, 7) is 0. The summed E-state index contributed by atoms with van der Waals surface area (Å²) < 4.78 is 5.17. The zero-order valence-corrected chi connectivity index (χ0v) is 25.6. The van der Waals surface area contributed by atoms with Gasteiger partial charge in [0.05, 0.1) is 11.0 Å². The smallest absolute Gasteiger partial charge is 0.0555 e. The Labute approximate surface area is 269 Å². The molecule has 2 heterocycles. The van der Waals surface area contributed by atoms with E-state index in [0.29, 0.717) is 0 Å².